The number of para-hydroxylation sites is 1. The third kappa shape index (κ3) is 4.11. The van der Waals surface area contributed by atoms with Crippen LogP contribution >= 0.6 is 0 Å². The number of hydrogen-bond acceptors (Lipinski definition) is 5. The van der Waals surface area contributed by atoms with Gasteiger partial charge < -0.3 is 15.1 Å². The van der Waals surface area contributed by atoms with E-state index in [-0.39, 0.29) is 5.91 Å². The summed E-state index contributed by atoms with van der Waals surface area (Å²) in [6.45, 7) is 5.06. The van der Waals surface area contributed by atoms with Crippen LogP contribution in [0.25, 0.3) is 0 Å². The highest BCUT2D eigenvalue weighted by Crippen LogP contribution is 2.17. The normalized spacial score (nSPS) is 14.0. The summed E-state index contributed by atoms with van der Waals surface area (Å²) in [6, 6.07) is 18.3. The molecule has 1 aromatic heterocycles. The lowest BCUT2D eigenvalue weighted by Crippen LogP contribution is -2.48. The van der Waals surface area contributed by atoms with Crippen LogP contribution < -0.4 is 10.2 Å². The number of nitrogens with zero attached hydrogens (tertiary/aromatic N) is 4. The van der Waals surface area contributed by atoms with Crippen molar-refractivity contribution >= 4 is 23.2 Å². The third-order valence-corrected chi connectivity index (χ3v) is 4.86. The van der Waals surface area contributed by atoms with Crippen LogP contribution in [0.2, 0.25) is 0 Å². The largest absolute Gasteiger partial charge is 0.368 e. The fourth-order valence-corrected chi connectivity index (χ4v) is 3.34. The topological polar surface area (TPSA) is 61.4 Å². The number of anilines is 3. The van der Waals surface area contributed by atoms with Crippen LogP contribution in [0.4, 0.5) is 17.3 Å². The monoisotopic (exact) mass is 373 g/mol. The van der Waals surface area contributed by atoms with Gasteiger partial charge in [0.05, 0.1) is 5.56 Å². The zero-order valence-electron chi connectivity index (χ0n) is 15.9. The first kappa shape index (κ1) is 18.0. The number of carbonyl (C=O) groups excluding carboxylic acids is 1. The Labute approximate surface area is 164 Å². The van der Waals surface area contributed by atoms with Gasteiger partial charge >= 0.3 is 0 Å². The standard InChI is InChI=1S/C22H23N5O/c1-17-6-5-7-19(14-17)25-22-23-15-18(16-24-22)21(28)27-12-10-26(11-13-27)20-8-3-2-4-9-20/h2-9,14-16H,10-13H2,1H3,(H,23,24,25). The van der Waals surface area contributed by atoms with E-state index in [2.05, 4.69) is 32.3 Å². The zero-order chi connectivity index (χ0) is 19.3. The lowest BCUT2D eigenvalue weighted by molar-refractivity contribution is 0.0746. The number of hydrogen-bond donors (Lipinski definition) is 1. The maximum Gasteiger partial charge on any atom is 0.257 e. The number of piperazine rings is 1. The highest BCUT2D eigenvalue weighted by Gasteiger charge is 2.22. The average molecular weight is 373 g/mol. The van der Waals surface area contributed by atoms with Gasteiger partial charge in [0.1, 0.15) is 0 Å². The summed E-state index contributed by atoms with van der Waals surface area (Å²) >= 11 is 0. The van der Waals surface area contributed by atoms with Gasteiger partial charge in [-0.15, -0.1) is 0 Å². The molecule has 0 radical (unpaired) electrons. The minimum absolute atomic E-state index is 0.0187. The van der Waals surface area contributed by atoms with Gasteiger partial charge in [-0.05, 0) is 36.8 Å². The Kier molecular flexibility index (Phi) is 5.19. The molecule has 142 valence electrons. The van der Waals surface area contributed by atoms with Gasteiger partial charge in [-0.25, -0.2) is 9.97 Å². The molecule has 0 aliphatic carbocycles. The molecule has 2 heterocycles. The van der Waals surface area contributed by atoms with Crippen LogP contribution in [0.3, 0.4) is 0 Å². The number of aryl methyl sites for hydroxylation is 1. The molecule has 1 aliphatic heterocycles. The van der Waals surface area contributed by atoms with Gasteiger partial charge in [0, 0.05) is 49.9 Å². The van der Waals surface area contributed by atoms with Crippen molar-refractivity contribution in [1.82, 2.24) is 14.9 Å². The van der Waals surface area contributed by atoms with E-state index in [0.717, 1.165) is 24.3 Å². The molecule has 0 atom stereocenters. The number of rotatable bonds is 4. The molecule has 0 spiro atoms. The second kappa shape index (κ2) is 8.08. The van der Waals surface area contributed by atoms with Gasteiger partial charge in [-0.1, -0.05) is 30.3 Å². The van der Waals surface area contributed by atoms with Crippen LogP contribution in [0.15, 0.2) is 67.0 Å². The molecular weight excluding hydrogens is 350 g/mol. The van der Waals surface area contributed by atoms with Gasteiger partial charge in [0.2, 0.25) is 5.95 Å². The van der Waals surface area contributed by atoms with E-state index in [4.69, 9.17) is 0 Å². The Balaban J connectivity index is 1.36. The van der Waals surface area contributed by atoms with Gasteiger partial charge in [-0.2, -0.15) is 0 Å². The summed E-state index contributed by atoms with van der Waals surface area (Å²) in [5.41, 5.74) is 3.80. The number of nitrogens with one attached hydrogen (secondary N) is 1. The lowest BCUT2D eigenvalue weighted by Gasteiger charge is -2.36. The van der Waals surface area contributed by atoms with Gasteiger partial charge in [0.15, 0.2) is 0 Å². The Bertz CT molecular complexity index is 935. The fraction of sp³-hybridized carbons (Fsp3) is 0.227. The highest BCUT2D eigenvalue weighted by atomic mass is 16.2. The SMILES string of the molecule is Cc1cccc(Nc2ncc(C(=O)N3CCN(c4ccccc4)CC3)cn2)c1. The smallest absolute Gasteiger partial charge is 0.257 e. The Hall–Kier alpha value is -3.41. The van der Waals surface area contributed by atoms with E-state index >= 15 is 0 Å². The molecule has 1 fully saturated rings. The summed E-state index contributed by atoms with van der Waals surface area (Å²) in [5, 5.41) is 3.16. The molecule has 1 N–H and O–H groups in total. The van der Waals surface area contributed by atoms with Crippen LogP contribution in [-0.2, 0) is 0 Å². The minimum atomic E-state index is -0.0187. The number of amides is 1. The van der Waals surface area contributed by atoms with Gasteiger partial charge in [0.25, 0.3) is 5.91 Å². The predicted octanol–water partition coefficient (Wildman–Crippen LogP) is 3.49. The molecule has 3 aromatic rings. The fourth-order valence-electron chi connectivity index (χ4n) is 3.34. The van der Waals surface area contributed by atoms with Crippen molar-refractivity contribution < 1.29 is 4.79 Å². The quantitative estimate of drug-likeness (QED) is 0.759. The molecule has 4 rings (SSSR count). The molecule has 6 heteroatoms. The summed E-state index contributed by atoms with van der Waals surface area (Å²) in [6.07, 6.45) is 3.19. The van der Waals surface area contributed by atoms with E-state index in [9.17, 15) is 4.79 Å². The molecule has 2 aromatic carbocycles. The summed E-state index contributed by atoms with van der Waals surface area (Å²) in [5.74, 6) is 0.464. The lowest BCUT2D eigenvalue weighted by atomic mass is 10.2. The highest BCUT2D eigenvalue weighted by molar-refractivity contribution is 5.94. The molecule has 0 saturated carbocycles. The first-order chi connectivity index (χ1) is 13.7. The van der Waals surface area contributed by atoms with Crippen LogP contribution in [0.5, 0.6) is 0 Å². The van der Waals surface area contributed by atoms with Crippen molar-refractivity contribution in [2.75, 3.05) is 36.4 Å². The van der Waals surface area contributed by atoms with Crippen LogP contribution in [-0.4, -0.2) is 47.0 Å². The maximum absolute atomic E-state index is 12.8. The first-order valence-corrected chi connectivity index (χ1v) is 9.44. The molecular formula is C22H23N5O. The molecule has 1 aliphatic rings. The summed E-state index contributed by atoms with van der Waals surface area (Å²) in [7, 11) is 0. The minimum Gasteiger partial charge on any atom is -0.368 e. The van der Waals surface area contributed by atoms with Crippen LogP contribution in [0.1, 0.15) is 15.9 Å². The molecule has 28 heavy (non-hydrogen) atoms. The molecule has 0 bridgehead atoms. The number of benzene rings is 2. The second-order valence-electron chi connectivity index (χ2n) is 6.90. The van der Waals surface area contributed by atoms with Crippen LogP contribution in [0, 0.1) is 6.92 Å². The summed E-state index contributed by atoms with van der Waals surface area (Å²) < 4.78 is 0. The third-order valence-electron chi connectivity index (χ3n) is 4.86. The van der Waals surface area contributed by atoms with Crippen molar-refractivity contribution in [1.29, 1.82) is 0 Å². The van der Waals surface area contributed by atoms with Crippen molar-refractivity contribution in [3.63, 3.8) is 0 Å². The molecule has 6 nitrogen and oxygen atoms in total. The van der Waals surface area contributed by atoms with Gasteiger partial charge in [-0.3, -0.25) is 4.79 Å². The number of carbonyl (C=O) groups is 1. The van der Waals surface area contributed by atoms with E-state index < -0.39 is 0 Å². The zero-order valence-corrected chi connectivity index (χ0v) is 15.9. The predicted molar refractivity (Wildman–Crippen MR) is 111 cm³/mol. The Morgan fingerprint density at radius 1 is 0.929 bits per heavy atom. The maximum atomic E-state index is 12.8. The van der Waals surface area contributed by atoms with Crippen molar-refractivity contribution in [2.45, 2.75) is 6.92 Å². The van der Waals surface area contributed by atoms with E-state index in [0.29, 0.717) is 24.6 Å². The molecule has 1 amide bonds. The average Bonchev–Trinajstić information content (AvgIpc) is 2.75. The Morgan fingerprint density at radius 3 is 2.32 bits per heavy atom. The van der Waals surface area contributed by atoms with E-state index in [1.165, 1.54) is 5.69 Å². The van der Waals surface area contributed by atoms with Crippen molar-refractivity contribution in [3.05, 3.63) is 78.1 Å². The van der Waals surface area contributed by atoms with E-state index in [1.807, 2.05) is 54.3 Å². The second-order valence-corrected chi connectivity index (χ2v) is 6.90. The van der Waals surface area contributed by atoms with Crippen molar-refractivity contribution in [2.24, 2.45) is 0 Å². The molecule has 0 unspecified atom stereocenters. The number of aromatic nitrogens is 2. The first-order valence-electron chi connectivity index (χ1n) is 9.44. The summed E-state index contributed by atoms with van der Waals surface area (Å²) in [4.78, 5) is 25.5. The van der Waals surface area contributed by atoms with E-state index in [1.54, 1.807) is 12.4 Å². The molecule has 1 saturated heterocycles. The van der Waals surface area contributed by atoms with Crippen molar-refractivity contribution in [3.8, 4) is 0 Å². The Morgan fingerprint density at radius 2 is 1.64 bits per heavy atom.